The maximum absolute atomic E-state index is 11.0. The minimum Gasteiger partial charge on any atom is -0.393 e. The molecular weight excluding hydrogens is 206 g/mol. The lowest BCUT2D eigenvalue weighted by atomic mass is 9.86. The lowest BCUT2D eigenvalue weighted by Crippen LogP contribution is -2.30. The molecule has 0 radical (unpaired) electrons. The molecule has 0 aromatic carbocycles. The second kappa shape index (κ2) is 5.12. The lowest BCUT2D eigenvalue weighted by molar-refractivity contribution is 0.0763. The van der Waals surface area contributed by atoms with Crippen molar-refractivity contribution in [3.63, 3.8) is 0 Å². The highest BCUT2D eigenvalue weighted by molar-refractivity contribution is 5.38. The van der Waals surface area contributed by atoms with Crippen LogP contribution in [0, 0.1) is 5.92 Å². The van der Waals surface area contributed by atoms with E-state index in [1.807, 2.05) is 0 Å². The molecule has 16 heavy (non-hydrogen) atoms. The van der Waals surface area contributed by atoms with Crippen molar-refractivity contribution in [2.24, 2.45) is 5.92 Å². The minimum atomic E-state index is -0.214. The summed E-state index contributed by atoms with van der Waals surface area (Å²) >= 11 is 0. The molecule has 5 nitrogen and oxygen atoms in total. The van der Waals surface area contributed by atoms with Gasteiger partial charge in [0.15, 0.2) is 0 Å². The van der Waals surface area contributed by atoms with Crippen molar-refractivity contribution >= 4 is 5.69 Å². The van der Waals surface area contributed by atoms with Crippen LogP contribution in [0.15, 0.2) is 17.1 Å². The van der Waals surface area contributed by atoms with Crippen LogP contribution in [-0.2, 0) is 0 Å². The third kappa shape index (κ3) is 2.82. The predicted molar refractivity (Wildman–Crippen MR) is 61.3 cm³/mol. The number of aliphatic hydroxyl groups excluding tert-OH is 1. The Hall–Kier alpha value is -1.36. The summed E-state index contributed by atoms with van der Waals surface area (Å²) in [5, 5.41) is 18.9. The molecule has 0 amide bonds. The number of anilines is 1. The molecule has 1 fully saturated rings. The summed E-state index contributed by atoms with van der Waals surface area (Å²) in [5.41, 5.74) is 0.496. The first-order valence-electron chi connectivity index (χ1n) is 5.72. The van der Waals surface area contributed by atoms with Gasteiger partial charge in [-0.3, -0.25) is 4.79 Å². The number of aliphatic hydroxyl groups is 1. The summed E-state index contributed by atoms with van der Waals surface area (Å²) in [6, 6.07) is 1.47. The van der Waals surface area contributed by atoms with Crippen molar-refractivity contribution in [3.8, 4) is 0 Å². The quantitative estimate of drug-likeness (QED) is 0.706. The largest absolute Gasteiger partial charge is 0.393 e. The zero-order chi connectivity index (χ0) is 11.4. The number of aromatic nitrogens is 2. The average molecular weight is 223 g/mol. The van der Waals surface area contributed by atoms with Gasteiger partial charge in [-0.2, -0.15) is 5.10 Å². The summed E-state index contributed by atoms with van der Waals surface area (Å²) in [6.45, 7) is 0.701. The third-order valence-electron chi connectivity index (χ3n) is 3.10. The lowest BCUT2D eigenvalue weighted by Gasteiger charge is -2.27. The summed E-state index contributed by atoms with van der Waals surface area (Å²) in [5.74, 6) is 0.285. The van der Waals surface area contributed by atoms with Crippen LogP contribution in [0.25, 0.3) is 0 Å². The van der Waals surface area contributed by atoms with Crippen LogP contribution in [0.1, 0.15) is 25.7 Å². The first-order valence-corrected chi connectivity index (χ1v) is 5.72. The molecule has 1 saturated carbocycles. The third-order valence-corrected chi connectivity index (χ3v) is 3.10. The van der Waals surface area contributed by atoms with Gasteiger partial charge in [-0.15, -0.1) is 0 Å². The van der Waals surface area contributed by atoms with Gasteiger partial charge in [0.2, 0.25) is 0 Å². The highest BCUT2D eigenvalue weighted by Crippen LogP contribution is 2.24. The first kappa shape index (κ1) is 11.1. The monoisotopic (exact) mass is 223 g/mol. The number of aromatic amines is 1. The van der Waals surface area contributed by atoms with Crippen molar-refractivity contribution in [1.29, 1.82) is 0 Å². The van der Waals surface area contributed by atoms with Crippen LogP contribution in [-0.4, -0.2) is 28.0 Å². The Bertz CT molecular complexity index is 391. The van der Waals surface area contributed by atoms with Crippen molar-refractivity contribution in [2.75, 3.05) is 11.9 Å². The van der Waals surface area contributed by atoms with E-state index in [4.69, 9.17) is 0 Å². The van der Waals surface area contributed by atoms with Gasteiger partial charge >= 0.3 is 0 Å². The fraction of sp³-hybridized carbons (Fsp3) is 0.636. The predicted octanol–water partition coefficient (Wildman–Crippen LogP) is 0.733. The van der Waals surface area contributed by atoms with Gasteiger partial charge in [0, 0.05) is 18.5 Å². The molecule has 2 atom stereocenters. The second-order valence-corrected chi connectivity index (χ2v) is 4.33. The van der Waals surface area contributed by atoms with Crippen molar-refractivity contribution in [3.05, 3.63) is 22.6 Å². The number of H-pyrrole nitrogens is 1. The summed E-state index contributed by atoms with van der Waals surface area (Å²) in [4.78, 5) is 11.0. The molecule has 0 spiro atoms. The molecule has 2 unspecified atom stereocenters. The molecule has 88 valence electrons. The minimum absolute atomic E-state index is 0.212. The zero-order valence-corrected chi connectivity index (χ0v) is 9.15. The summed E-state index contributed by atoms with van der Waals surface area (Å²) in [7, 11) is 0. The molecule has 1 heterocycles. The van der Waals surface area contributed by atoms with Crippen LogP contribution in [0.4, 0.5) is 5.69 Å². The molecule has 1 aromatic rings. The van der Waals surface area contributed by atoms with E-state index in [1.165, 1.54) is 12.5 Å². The molecule has 0 bridgehead atoms. The Kier molecular flexibility index (Phi) is 3.56. The fourth-order valence-electron chi connectivity index (χ4n) is 2.15. The zero-order valence-electron chi connectivity index (χ0n) is 9.15. The van der Waals surface area contributed by atoms with E-state index in [1.54, 1.807) is 6.20 Å². The molecule has 2 rings (SSSR count). The van der Waals surface area contributed by atoms with Crippen LogP contribution in [0.3, 0.4) is 0 Å². The molecule has 0 aliphatic heterocycles. The number of rotatable bonds is 3. The Balaban J connectivity index is 1.89. The Morgan fingerprint density at radius 3 is 3.06 bits per heavy atom. The summed E-state index contributed by atoms with van der Waals surface area (Å²) in [6.07, 6.45) is 5.60. The van der Waals surface area contributed by atoms with Crippen LogP contribution < -0.4 is 10.9 Å². The van der Waals surface area contributed by atoms with Crippen molar-refractivity contribution in [2.45, 2.75) is 31.8 Å². The maximum atomic E-state index is 11.0. The number of hydrogen-bond donors (Lipinski definition) is 3. The number of nitrogens with zero attached hydrogens (tertiary/aromatic N) is 1. The number of nitrogens with one attached hydrogen (secondary N) is 2. The van der Waals surface area contributed by atoms with Crippen molar-refractivity contribution in [1.82, 2.24) is 10.2 Å². The van der Waals surface area contributed by atoms with Gasteiger partial charge in [0.05, 0.1) is 18.0 Å². The molecule has 1 aliphatic rings. The normalized spacial score (nSPS) is 25.3. The van der Waals surface area contributed by atoms with Gasteiger partial charge < -0.3 is 10.4 Å². The molecule has 1 aromatic heterocycles. The molecule has 5 heteroatoms. The topological polar surface area (TPSA) is 78.0 Å². The Morgan fingerprint density at radius 1 is 1.50 bits per heavy atom. The average Bonchev–Trinajstić information content (AvgIpc) is 2.28. The maximum Gasteiger partial charge on any atom is 0.266 e. The fourth-order valence-corrected chi connectivity index (χ4v) is 2.15. The molecule has 0 saturated heterocycles. The summed E-state index contributed by atoms with van der Waals surface area (Å²) < 4.78 is 0. The molecular formula is C11H17N3O2. The first-order chi connectivity index (χ1) is 7.75. The van der Waals surface area contributed by atoms with Gasteiger partial charge in [0.25, 0.3) is 5.56 Å². The van der Waals surface area contributed by atoms with Crippen LogP contribution in [0.5, 0.6) is 0 Å². The van der Waals surface area contributed by atoms with Crippen molar-refractivity contribution < 1.29 is 5.11 Å². The van der Waals surface area contributed by atoms with E-state index in [0.29, 0.717) is 12.2 Å². The molecule has 3 N–H and O–H groups in total. The molecule has 1 aliphatic carbocycles. The van der Waals surface area contributed by atoms with E-state index < -0.39 is 0 Å². The Morgan fingerprint density at radius 2 is 2.31 bits per heavy atom. The highest BCUT2D eigenvalue weighted by atomic mass is 16.3. The SMILES string of the molecule is O=c1cc(NCC2CCCCC2O)cn[nH]1. The van der Waals surface area contributed by atoms with Gasteiger partial charge in [-0.25, -0.2) is 5.10 Å². The van der Waals surface area contributed by atoms with E-state index in [0.717, 1.165) is 19.3 Å². The van der Waals surface area contributed by atoms with Crippen LogP contribution in [0.2, 0.25) is 0 Å². The number of hydrogen-bond acceptors (Lipinski definition) is 4. The highest BCUT2D eigenvalue weighted by Gasteiger charge is 2.22. The van der Waals surface area contributed by atoms with E-state index in [2.05, 4.69) is 15.5 Å². The second-order valence-electron chi connectivity index (χ2n) is 4.33. The van der Waals surface area contributed by atoms with E-state index in [9.17, 15) is 9.90 Å². The van der Waals surface area contributed by atoms with E-state index in [-0.39, 0.29) is 17.6 Å². The van der Waals surface area contributed by atoms with Gasteiger partial charge in [-0.1, -0.05) is 12.8 Å². The standard InChI is InChI=1S/C11H17N3O2/c15-10-4-2-1-3-8(10)6-12-9-5-11(16)14-13-7-9/h5,7-8,10,15H,1-4,6H2,(H2,12,14,16). The Labute approximate surface area is 93.9 Å². The van der Waals surface area contributed by atoms with Gasteiger partial charge in [0.1, 0.15) is 0 Å². The van der Waals surface area contributed by atoms with Crippen LogP contribution >= 0.6 is 0 Å². The van der Waals surface area contributed by atoms with E-state index >= 15 is 0 Å². The van der Waals surface area contributed by atoms with Gasteiger partial charge in [-0.05, 0) is 12.8 Å². The smallest absolute Gasteiger partial charge is 0.266 e.